The number of fused-ring (bicyclic) bond motifs is 1. The SMILES string of the molecule is CCn1ncc(-c2cc(C(=O)NC)c3ccccc3n2)c1C. The van der Waals surface area contributed by atoms with Crippen LogP contribution in [-0.4, -0.2) is 27.7 Å². The van der Waals surface area contributed by atoms with E-state index in [-0.39, 0.29) is 5.91 Å². The number of carbonyl (C=O) groups excluding carboxylic acids is 1. The number of benzene rings is 1. The minimum atomic E-state index is -0.111. The number of para-hydroxylation sites is 1. The molecule has 0 aliphatic heterocycles. The summed E-state index contributed by atoms with van der Waals surface area (Å²) < 4.78 is 1.92. The van der Waals surface area contributed by atoms with Crippen LogP contribution in [0.25, 0.3) is 22.2 Å². The van der Waals surface area contributed by atoms with Crippen molar-refractivity contribution in [1.82, 2.24) is 20.1 Å². The van der Waals surface area contributed by atoms with Gasteiger partial charge in [0.25, 0.3) is 5.91 Å². The van der Waals surface area contributed by atoms with E-state index in [0.717, 1.165) is 34.4 Å². The van der Waals surface area contributed by atoms with E-state index in [1.165, 1.54) is 0 Å². The molecule has 0 saturated carbocycles. The molecule has 2 aromatic heterocycles. The fourth-order valence-corrected chi connectivity index (χ4v) is 2.65. The summed E-state index contributed by atoms with van der Waals surface area (Å²) in [6, 6.07) is 9.51. The van der Waals surface area contributed by atoms with Crippen molar-refractivity contribution in [2.24, 2.45) is 0 Å². The second-order valence-electron chi connectivity index (χ2n) is 5.11. The third-order valence-corrected chi connectivity index (χ3v) is 3.87. The van der Waals surface area contributed by atoms with E-state index in [1.807, 2.05) is 55.1 Å². The quantitative estimate of drug-likeness (QED) is 0.808. The first-order chi connectivity index (χ1) is 10.7. The molecule has 2 heterocycles. The predicted molar refractivity (Wildman–Crippen MR) is 86.8 cm³/mol. The molecule has 5 heteroatoms. The minimum absolute atomic E-state index is 0.111. The summed E-state index contributed by atoms with van der Waals surface area (Å²) in [7, 11) is 1.64. The van der Waals surface area contributed by atoms with Crippen LogP contribution in [0.3, 0.4) is 0 Å². The van der Waals surface area contributed by atoms with Gasteiger partial charge in [-0.2, -0.15) is 5.10 Å². The molecular weight excluding hydrogens is 276 g/mol. The van der Waals surface area contributed by atoms with Gasteiger partial charge in [0.05, 0.1) is 23.0 Å². The van der Waals surface area contributed by atoms with Crippen molar-refractivity contribution in [2.75, 3.05) is 7.05 Å². The Balaban J connectivity index is 2.26. The van der Waals surface area contributed by atoms with Gasteiger partial charge in [0.15, 0.2) is 0 Å². The van der Waals surface area contributed by atoms with Gasteiger partial charge >= 0.3 is 0 Å². The number of carbonyl (C=O) groups is 1. The zero-order chi connectivity index (χ0) is 15.7. The number of amides is 1. The van der Waals surface area contributed by atoms with Crippen LogP contribution in [0.4, 0.5) is 0 Å². The Morgan fingerprint density at radius 1 is 1.32 bits per heavy atom. The van der Waals surface area contributed by atoms with Crippen LogP contribution in [0.5, 0.6) is 0 Å². The first-order valence-corrected chi connectivity index (χ1v) is 7.30. The third-order valence-electron chi connectivity index (χ3n) is 3.87. The number of pyridine rings is 1. The van der Waals surface area contributed by atoms with E-state index < -0.39 is 0 Å². The Morgan fingerprint density at radius 3 is 2.77 bits per heavy atom. The third kappa shape index (κ3) is 2.24. The van der Waals surface area contributed by atoms with Gasteiger partial charge in [0.1, 0.15) is 0 Å². The predicted octanol–water partition coefficient (Wildman–Crippen LogP) is 2.79. The average Bonchev–Trinajstić information content (AvgIpc) is 2.93. The fourth-order valence-electron chi connectivity index (χ4n) is 2.65. The molecule has 0 spiro atoms. The maximum Gasteiger partial charge on any atom is 0.251 e. The molecule has 0 radical (unpaired) electrons. The molecule has 0 saturated heterocycles. The summed E-state index contributed by atoms with van der Waals surface area (Å²) in [6.07, 6.45) is 1.81. The van der Waals surface area contributed by atoms with Crippen molar-refractivity contribution >= 4 is 16.8 Å². The van der Waals surface area contributed by atoms with Crippen LogP contribution in [0.2, 0.25) is 0 Å². The van der Waals surface area contributed by atoms with Crippen LogP contribution in [0.15, 0.2) is 36.5 Å². The molecule has 0 aliphatic rings. The zero-order valence-corrected chi connectivity index (χ0v) is 12.9. The number of hydrogen-bond acceptors (Lipinski definition) is 3. The van der Waals surface area contributed by atoms with Gasteiger partial charge in [0, 0.05) is 30.2 Å². The van der Waals surface area contributed by atoms with E-state index >= 15 is 0 Å². The lowest BCUT2D eigenvalue weighted by atomic mass is 10.0. The highest BCUT2D eigenvalue weighted by Crippen LogP contribution is 2.26. The summed E-state index contributed by atoms with van der Waals surface area (Å²) in [5, 5.41) is 7.91. The van der Waals surface area contributed by atoms with E-state index in [9.17, 15) is 4.79 Å². The lowest BCUT2D eigenvalue weighted by Crippen LogP contribution is -2.18. The van der Waals surface area contributed by atoms with E-state index in [4.69, 9.17) is 4.98 Å². The maximum atomic E-state index is 12.2. The lowest BCUT2D eigenvalue weighted by molar-refractivity contribution is 0.0964. The van der Waals surface area contributed by atoms with Gasteiger partial charge in [0.2, 0.25) is 0 Å². The molecule has 5 nitrogen and oxygen atoms in total. The zero-order valence-electron chi connectivity index (χ0n) is 12.9. The van der Waals surface area contributed by atoms with Crippen LogP contribution in [0.1, 0.15) is 23.0 Å². The highest BCUT2D eigenvalue weighted by Gasteiger charge is 2.15. The Bertz CT molecular complexity index is 851. The Kier molecular flexibility index (Phi) is 3.63. The maximum absolute atomic E-state index is 12.2. The molecule has 3 rings (SSSR count). The highest BCUT2D eigenvalue weighted by atomic mass is 16.1. The highest BCUT2D eigenvalue weighted by molar-refractivity contribution is 6.07. The second kappa shape index (κ2) is 5.60. The lowest BCUT2D eigenvalue weighted by Gasteiger charge is -2.09. The molecule has 0 atom stereocenters. The van der Waals surface area contributed by atoms with Gasteiger partial charge in [-0.1, -0.05) is 18.2 Å². The number of aryl methyl sites for hydroxylation is 1. The van der Waals surface area contributed by atoms with E-state index in [2.05, 4.69) is 10.4 Å². The van der Waals surface area contributed by atoms with Gasteiger partial charge in [-0.05, 0) is 26.0 Å². The molecule has 22 heavy (non-hydrogen) atoms. The van der Waals surface area contributed by atoms with Gasteiger partial charge in [-0.3, -0.25) is 9.48 Å². The molecule has 3 aromatic rings. The Morgan fingerprint density at radius 2 is 2.09 bits per heavy atom. The molecule has 0 unspecified atom stereocenters. The number of nitrogens with one attached hydrogen (secondary N) is 1. The summed E-state index contributed by atoms with van der Waals surface area (Å²) in [5.41, 5.74) is 4.22. The van der Waals surface area contributed by atoms with Gasteiger partial charge < -0.3 is 5.32 Å². The van der Waals surface area contributed by atoms with Gasteiger partial charge in [-0.25, -0.2) is 4.98 Å². The molecule has 112 valence electrons. The summed E-state index contributed by atoms with van der Waals surface area (Å²) in [5.74, 6) is -0.111. The molecule has 1 N–H and O–H groups in total. The smallest absolute Gasteiger partial charge is 0.251 e. The Hall–Kier alpha value is -2.69. The summed E-state index contributed by atoms with van der Waals surface area (Å²) in [6.45, 7) is 4.87. The fraction of sp³-hybridized carbons (Fsp3) is 0.235. The van der Waals surface area contributed by atoms with Gasteiger partial charge in [-0.15, -0.1) is 0 Å². The number of rotatable bonds is 3. The number of nitrogens with zero attached hydrogens (tertiary/aromatic N) is 3. The molecule has 0 fully saturated rings. The van der Waals surface area contributed by atoms with Crippen LogP contribution in [-0.2, 0) is 6.54 Å². The van der Waals surface area contributed by atoms with E-state index in [1.54, 1.807) is 7.05 Å². The molecular formula is C17H18N4O. The second-order valence-corrected chi connectivity index (χ2v) is 5.11. The molecule has 1 aromatic carbocycles. The minimum Gasteiger partial charge on any atom is -0.355 e. The van der Waals surface area contributed by atoms with Crippen molar-refractivity contribution in [3.63, 3.8) is 0 Å². The molecule has 1 amide bonds. The van der Waals surface area contributed by atoms with Crippen LogP contribution >= 0.6 is 0 Å². The summed E-state index contributed by atoms with van der Waals surface area (Å²) >= 11 is 0. The number of hydrogen-bond donors (Lipinski definition) is 1. The summed E-state index contributed by atoms with van der Waals surface area (Å²) in [4.78, 5) is 16.9. The monoisotopic (exact) mass is 294 g/mol. The normalized spacial score (nSPS) is 10.9. The first-order valence-electron chi connectivity index (χ1n) is 7.30. The van der Waals surface area contributed by atoms with Crippen molar-refractivity contribution in [1.29, 1.82) is 0 Å². The average molecular weight is 294 g/mol. The van der Waals surface area contributed by atoms with Crippen molar-refractivity contribution in [3.8, 4) is 11.3 Å². The Labute approximate surface area is 129 Å². The van der Waals surface area contributed by atoms with Crippen LogP contribution < -0.4 is 5.32 Å². The number of aromatic nitrogens is 3. The van der Waals surface area contributed by atoms with Crippen LogP contribution in [0, 0.1) is 6.92 Å². The standard InChI is InChI=1S/C17H18N4O/c1-4-21-11(2)14(10-19-21)16-9-13(17(22)18-3)12-7-5-6-8-15(12)20-16/h5-10H,4H2,1-3H3,(H,18,22). The first kappa shape index (κ1) is 14.3. The van der Waals surface area contributed by atoms with Crippen molar-refractivity contribution in [2.45, 2.75) is 20.4 Å². The van der Waals surface area contributed by atoms with Crippen molar-refractivity contribution < 1.29 is 4.79 Å². The van der Waals surface area contributed by atoms with Crippen molar-refractivity contribution in [3.05, 3.63) is 47.8 Å². The largest absolute Gasteiger partial charge is 0.355 e. The molecule has 0 bridgehead atoms. The molecule has 0 aliphatic carbocycles. The topological polar surface area (TPSA) is 59.8 Å². The van der Waals surface area contributed by atoms with E-state index in [0.29, 0.717) is 5.56 Å².